The van der Waals surface area contributed by atoms with Crippen LogP contribution in [0.4, 0.5) is 5.69 Å². The zero-order valence-corrected chi connectivity index (χ0v) is 15.2. The molecule has 0 aliphatic carbocycles. The zero-order valence-electron chi connectivity index (χ0n) is 14.4. The summed E-state index contributed by atoms with van der Waals surface area (Å²) in [5.41, 5.74) is -0.204. The summed E-state index contributed by atoms with van der Waals surface area (Å²) in [6, 6.07) is 3.43. The molecule has 1 aromatic rings. The Hall–Kier alpha value is -2.36. The summed E-state index contributed by atoms with van der Waals surface area (Å²) >= 11 is 0. The van der Waals surface area contributed by atoms with Gasteiger partial charge in [0.05, 0.1) is 11.5 Å². The first-order valence-electron chi connectivity index (χ1n) is 7.80. The molecule has 1 aliphatic rings. The standard InChI is InChI=1S/C14H18N2O11S/c1-7(18)15-11-12(19)13(27-28(22,23)24)10(6-17)26-14(11)25-9-4-2-8(3-5-9)16(20)21/h2-5,10-14,17,19H,6H2,1H3,(H,15,18)(H,22,23,24)/t10-,11+,12-,13-,14-/m1/s1. The lowest BCUT2D eigenvalue weighted by Crippen LogP contribution is -2.66. The summed E-state index contributed by atoms with van der Waals surface area (Å²) in [7, 11) is -5.01. The summed E-state index contributed by atoms with van der Waals surface area (Å²) < 4.78 is 46.1. The Morgan fingerprint density at radius 3 is 2.43 bits per heavy atom. The van der Waals surface area contributed by atoms with Crippen molar-refractivity contribution in [2.24, 2.45) is 0 Å². The molecule has 0 saturated carbocycles. The SMILES string of the molecule is CC(=O)N[C@@H]1[C@H](Oc2ccc([N+](=O)[O-])cc2)O[C@H](CO)[C@@H](OS(=O)(=O)O)[C@@H]1O. The van der Waals surface area contributed by atoms with Gasteiger partial charge in [0.1, 0.15) is 30.1 Å². The first-order valence-corrected chi connectivity index (χ1v) is 9.16. The average molecular weight is 422 g/mol. The minimum Gasteiger partial charge on any atom is -0.463 e. The van der Waals surface area contributed by atoms with Gasteiger partial charge >= 0.3 is 10.4 Å². The molecule has 0 aromatic heterocycles. The highest BCUT2D eigenvalue weighted by atomic mass is 32.3. The molecule has 0 unspecified atom stereocenters. The van der Waals surface area contributed by atoms with Gasteiger partial charge in [0, 0.05) is 19.1 Å². The van der Waals surface area contributed by atoms with Crippen LogP contribution in [0.2, 0.25) is 0 Å². The zero-order chi connectivity index (χ0) is 21.1. The van der Waals surface area contributed by atoms with E-state index in [2.05, 4.69) is 9.50 Å². The highest BCUT2D eigenvalue weighted by Crippen LogP contribution is 2.28. The van der Waals surface area contributed by atoms with E-state index in [1.165, 1.54) is 12.1 Å². The monoisotopic (exact) mass is 422 g/mol. The van der Waals surface area contributed by atoms with Crippen LogP contribution in [-0.4, -0.2) is 71.3 Å². The first kappa shape index (κ1) is 21.9. The van der Waals surface area contributed by atoms with Crippen LogP contribution >= 0.6 is 0 Å². The van der Waals surface area contributed by atoms with Crippen LogP contribution < -0.4 is 10.1 Å². The quantitative estimate of drug-likeness (QED) is 0.233. The Balaban J connectivity index is 2.28. The number of ether oxygens (including phenoxy) is 2. The van der Waals surface area contributed by atoms with Crippen molar-refractivity contribution >= 4 is 22.0 Å². The molecular formula is C14H18N2O11S. The van der Waals surface area contributed by atoms with Crippen molar-refractivity contribution < 1.29 is 46.6 Å². The molecule has 13 nitrogen and oxygen atoms in total. The molecule has 14 heteroatoms. The predicted octanol–water partition coefficient (Wildman–Crippen LogP) is -1.26. The molecule has 1 heterocycles. The lowest BCUT2D eigenvalue weighted by atomic mass is 9.97. The van der Waals surface area contributed by atoms with Crippen molar-refractivity contribution in [1.82, 2.24) is 5.32 Å². The Kier molecular flexibility index (Phi) is 6.87. The largest absolute Gasteiger partial charge is 0.463 e. The number of amides is 1. The van der Waals surface area contributed by atoms with Crippen LogP contribution in [0.25, 0.3) is 0 Å². The van der Waals surface area contributed by atoms with E-state index in [0.29, 0.717) is 0 Å². The number of benzene rings is 1. The van der Waals surface area contributed by atoms with Crippen molar-refractivity contribution in [3.05, 3.63) is 34.4 Å². The smallest absolute Gasteiger partial charge is 0.397 e. The summed E-state index contributed by atoms with van der Waals surface area (Å²) in [4.78, 5) is 21.5. The van der Waals surface area contributed by atoms with Crippen LogP contribution in [0, 0.1) is 10.1 Å². The molecule has 1 amide bonds. The van der Waals surface area contributed by atoms with Gasteiger partial charge in [-0.3, -0.25) is 19.5 Å². The number of nitro groups is 1. The van der Waals surface area contributed by atoms with Gasteiger partial charge in [-0.25, -0.2) is 4.18 Å². The molecular weight excluding hydrogens is 404 g/mol. The Bertz CT molecular complexity index is 813. The molecule has 1 saturated heterocycles. The molecule has 156 valence electrons. The molecule has 28 heavy (non-hydrogen) atoms. The van der Waals surface area contributed by atoms with E-state index in [4.69, 9.17) is 14.0 Å². The number of nitrogens with zero attached hydrogens (tertiary/aromatic N) is 1. The molecule has 2 rings (SSSR count). The van der Waals surface area contributed by atoms with Gasteiger partial charge in [-0.1, -0.05) is 0 Å². The van der Waals surface area contributed by atoms with Crippen LogP contribution in [0.15, 0.2) is 24.3 Å². The van der Waals surface area contributed by atoms with Gasteiger partial charge < -0.3 is 25.0 Å². The number of nitrogens with one attached hydrogen (secondary N) is 1. The minimum atomic E-state index is -5.01. The highest BCUT2D eigenvalue weighted by Gasteiger charge is 2.49. The van der Waals surface area contributed by atoms with Crippen LogP contribution in [-0.2, 0) is 24.1 Å². The van der Waals surface area contributed by atoms with Crippen LogP contribution in [0.5, 0.6) is 5.75 Å². The summed E-state index contributed by atoms with van der Waals surface area (Å²) in [6.45, 7) is 0.302. The topological polar surface area (TPSA) is 195 Å². The summed E-state index contributed by atoms with van der Waals surface area (Å²) in [5, 5.41) is 32.9. The van der Waals surface area contributed by atoms with E-state index >= 15 is 0 Å². The fraction of sp³-hybridized carbons (Fsp3) is 0.500. The number of aliphatic hydroxyl groups excluding tert-OH is 2. The first-order chi connectivity index (χ1) is 13.0. The lowest BCUT2D eigenvalue weighted by Gasteiger charge is -2.43. The second-order valence-corrected chi connectivity index (χ2v) is 6.85. The van der Waals surface area contributed by atoms with E-state index in [1.54, 1.807) is 0 Å². The number of hydrogen-bond donors (Lipinski definition) is 4. The number of non-ortho nitro benzene ring substituents is 1. The Labute approximate surface area is 158 Å². The number of aliphatic hydroxyl groups is 2. The van der Waals surface area contributed by atoms with Gasteiger partial charge in [0.2, 0.25) is 12.2 Å². The number of nitro benzene ring substituents is 1. The van der Waals surface area contributed by atoms with Crippen molar-refractivity contribution in [3.8, 4) is 5.75 Å². The normalized spacial score (nSPS) is 27.8. The van der Waals surface area contributed by atoms with Gasteiger partial charge in [0.25, 0.3) is 5.69 Å². The molecule has 0 spiro atoms. The summed E-state index contributed by atoms with van der Waals surface area (Å²) in [5.74, 6) is -0.554. The molecule has 5 atom stereocenters. The fourth-order valence-corrected chi connectivity index (χ4v) is 3.11. The van der Waals surface area contributed by atoms with Crippen molar-refractivity contribution in [2.75, 3.05) is 6.61 Å². The predicted molar refractivity (Wildman–Crippen MR) is 89.5 cm³/mol. The van der Waals surface area contributed by atoms with Gasteiger partial charge in [0.15, 0.2) is 0 Å². The second kappa shape index (κ2) is 8.76. The Morgan fingerprint density at radius 1 is 1.36 bits per heavy atom. The molecule has 1 aliphatic heterocycles. The van der Waals surface area contributed by atoms with Crippen LogP contribution in [0.1, 0.15) is 6.92 Å². The number of carbonyl (C=O) groups is 1. The van der Waals surface area contributed by atoms with Crippen LogP contribution in [0.3, 0.4) is 0 Å². The second-order valence-electron chi connectivity index (χ2n) is 5.80. The molecule has 1 fully saturated rings. The van der Waals surface area contributed by atoms with E-state index in [0.717, 1.165) is 19.1 Å². The highest BCUT2D eigenvalue weighted by molar-refractivity contribution is 7.80. The van der Waals surface area contributed by atoms with Crippen molar-refractivity contribution in [2.45, 2.75) is 37.6 Å². The maximum atomic E-state index is 11.5. The van der Waals surface area contributed by atoms with E-state index in [-0.39, 0.29) is 11.4 Å². The molecule has 4 N–H and O–H groups in total. The molecule has 0 bridgehead atoms. The number of carbonyl (C=O) groups excluding carboxylic acids is 1. The molecule has 0 radical (unpaired) electrons. The van der Waals surface area contributed by atoms with Crippen molar-refractivity contribution in [1.29, 1.82) is 0 Å². The third kappa shape index (κ3) is 5.57. The third-order valence-corrected chi connectivity index (χ3v) is 4.22. The van der Waals surface area contributed by atoms with E-state index < -0.39 is 58.5 Å². The maximum absolute atomic E-state index is 11.5. The minimum absolute atomic E-state index is 0.0731. The van der Waals surface area contributed by atoms with Gasteiger partial charge in [-0.15, -0.1) is 0 Å². The van der Waals surface area contributed by atoms with E-state index in [1.807, 2.05) is 0 Å². The maximum Gasteiger partial charge on any atom is 0.397 e. The Morgan fingerprint density at radius 2 is 1.96 bits per heavy atom. The fourth-order valence-electron chi connectivity index (χ4n) is 2.60. The van der Waals surface area contributed by atoms with E-state index in [9.17, 15) is 33.5 Å². The van der Waals surface area contributed by atoms with Crippen molar-refractivity contribution in [3.63, 3.8) is 0 Å². The number of hydrogen-bond acceptors (Lipinski definition) is 10. The van der Waals surface area contributed by atoms with Gasteiger partial charge in [-0.05, 0) is 12.1 Å². The van der Waals surface area contributed by atoms with Gasteiger partial charge in [-0.2, -0.15) is 8.42 Å². The number of rotatable bonds is 7. The molecule has 1 aromatic carbocycles. The average Bonchev–Trinajstić information content (AvgIpc) is 2.59. The third-order valence-electron chi connectivity index (χ3n) is 3.76. The lowest BCUT2D eigenvalue weighted by molar-refractivity contribution is -0.384. The summed E-state index contributed by atoms with van der Waals surface area (Å²) in [6.07, 6.45) is -6.36.